The van der Waals surface area contributed by atoms with Crippen LogP contribution in [-0.4, -0.2) is 25.4 Å². The number of rotatable bonds is 7. The Morgan fingerprint density at radius 1 is 1.00 bits per heavy atom. The predicted octanol–water partition coefficient (Wildman–Crippen LogP) is 3.63. The first-order valence-corrected chi connectivity index (χ1v) is 8.89. The van der Waals surface area contributed by atoms with Crippen molar-refractivity contribution in [3.63, 3.8) is 0 Å². The lowest BCUT2D eigenvalue weighted by atomic mass is 9.96. The van der Waals surface area contributed by atoms with Gasteiger partial charge in [-0.3, -0.25) is 9.59 Å². The van der Waals surface area contributed by atoms with Gasteiger partial charge in [0.25, 0.3) is 5.91 Å². The molecule has 2 amide bonds. The Morgan fingerprint density at radius 2 is 1.62 bits per heavy atom. The molecule has 0 bridgehead atoms. The van der Waals surface area contributed by atoms with E-state index in [4.69, 9.17) is 11.6 Å². The quantitative estimate of drug-likeness (QED) is 0.694. The lowest BCUT2D eigenvalue weighted by molar-refractivity contribution is -0.115. The molecule has 0 spiro atoms. The highest BCUT2D eigenvalue weighted by Gasteiger charge is 2.16. The molecular weight excluding hydrogens is 350 g/mol. The number of hydrogen-bond donors (Lipinski definition) is 3. The summed E-state index contributed by atoms with van der Waals surface area (Å²) >= 11 is 5.94. The van der Waals surface area contributed by atoms with Crippen LogP contribution in [0.25, 0.3) is 0 Å². The second-order valence-electron chi connectivity index (χ2n) is 6.36. The van der Waals surface area contributed by atoms with E-state index in [2.05, 4.69) is 29.8 Å². The average Bonchev–Trinajstić information content (AvgIpc) is 2.63. The molecule has 0 saturated carbocycles. The molecule has 3 N–H and O–H groups in total. The summed E-state index contributed by atoms with van der Waals surface area (Å²) in [5, 5.41) is 9.37. The average molecular weight is 374 g/mol. The van der Waals surface area contributed by atoms with Crippen molar-refractivity contribution in [3.8, 4) is 0 Å². The Hall–Kier alpha value is -2.37. The second kappa shape index (κ2) is 9.36. The fraction of sp³-hybridized carbons (Fsp3) is 0.300. The molecule has 0 fully saturated rings. The zero-order valence-corrected chi connectivity index (χ0v) is 15.9. The lowest BCUT2D eigenvalue weighted by Gasteiger charge is -2.23. The minimum Gasteiger partial charge on any atom is -0.355 e. The maximum Gasteiger partial charge on any atom is 0.251 e. The normalized spacial score (nSPS) is 11.9. The maximum absolute atomic E-state index is 12.2. The molecule has 2 aromatic carbocycles. The zero-order chi connectivity index (χ0) is 19.1. The SMILES string of the molecule is CNC(=O)c1ccc(NC(=O)CN[C@H](c2ccc(Cl)cc2)C(C)C)cc1. The van der Waals surface area contributed by atoms with E-state index in [1.807, 2.05) is 24.3 Å². The van der Waals surface area contributed by atoms with E-state index in [-0.39, 0.29) is 24.4 Å². The summed E-state index contributed by atoms with van der Waals surface area (Å²) in [6, 6.07) is 14.4. The van der Waals surface area contributed by atoms with Gasteiger partial charge in [-0.15, -0.1) is 0 Å². The summed E-state index contributed by atoms with van der Waals surface area (Å²) in [6.07, 6.45) is 0. The molecule has 138 valence electrons. The van der Waals surface area contributed by atoms with Gasteiger partial charge < -0.3 is 16.0 Å². The molecule has 26 heavy (non-hydrogen) atoms. The van der Waals surface area contributed by atoms with E-state index < -0.39 is 0 Å². The van der Waals surface area contributed by atoms with Crippen LogP contribution in [-0.2, 0) is 4.79 Å². The summed E-state index contributed by atoms with van der Waals surface area (Å²) in [6.45, 7) is 4.38. The molecule has 0 saturated heterocycles. The number of amides is 2. The molecular formula is C20H24ClN3O2. The van der Waals surface area contributed by atoms with Crippen LogP contribution >= 0.6 is 11.6 Å². The van der Waals surface area contributed by atoms with E-state index >= 15 is 0 Å². The van der Waals surface area contributed by atoms with Crippen LogP contribution in [0.15, 0.2) is 48.5 Å². The van der Waals surface area contributed by atoms with Gasteiger partial charge in [0.2, 0.25) is 5.91 Å². The van der Waals surface area contributed by atoms with Gasteiger partial charge in [0.05, 0.1) is 6.54 Å². The van der Waals surface area contributed by atoms with E-state index in [9.17, 15) is 9.59 Å². The van der Waals surface area contributed by atoms with Gasteiger partial charge in [0, 0.05) is 29.4 Å². The number of benzene rings is 2. The van der Waals surface area contributed by atoms with Crippen LogP contribution in [0.5, 0.6) is 0 Å². The molecule has 5 nitrogen and oxygen atoms in total. The highest BCUT2D eigenvalue weighted by atomic mass is 35.5. The summed E-state index contributed by atoms with van der Waals surface area (Å²) in [7, 11) is 1.58. The number of hydrogen-bond acceptors (Lipinski definition) is 3. The summed E-state index contributed by atoms with van der Waals surface area (Å²) < 4.78 is 0. The predicted molar refractivity (Wildman–Crippen MR) is 105 cm³/mol. The van der Waals surface area contributed by atoms with Crippen molar-refractivity contribution in [2.45, 2.75) is 19.9 Å². The van der Waals surface area contributed by atoms with Crippen molar-refractivity contribution in [2.75, 3.05) is 18.9 Å². The monoisotopic (exact) mass is 373 g/mol. The van der Waals surface area contributed by atoms with Crippen molar-refractivity contribution in [3.05, 3.63) is 64.7 Å². The first-order valence-electron chi connectivity index (χ1n) is 8.51. The van der Waals surface area contributed by atoms with Crippen LogP contribution in [0.2, 0.25) is 5.02 Å². The van der Waals surface area contributed by atoms with Crippen LogP contribution in [0, 0.1) is 5.92 Å². The Balaban J connectivity index is 1.93. The highest BCUT2D eigenvalue weighted by Crippen LogP contribution is 2.23. The minimum atomic E-state index is -0.160. The third-order valence-electron chi connectivity index (χ3n) is 4.04. The Labute approximate surface area is 159 Å². The van der Waals surface area contributed by atoms with Gasteiger partial charge in [0.1, 0.15) is 0 Å². The van der Waals surface area contributed by atoms with Crippen LogP contribution in [0.4, 0.5) is 5.69 Å². The molecule has 0 unspecified atom stereocenters. The minimum absolute atomic E-state index is 0.0497. The largest absolute Gasteiger partial charge is 0.355 e. The first kappa shape index (κ1) is 19.9. The Morgan fingerprint density at radius 3 is 2.15 bits per heavy atom. The van der Waals surface area contributed by atoms with Gasteiger partial charge >= 0.3 is 0 Å². The third kappa shape index (κ3) is 5.58. The lowest BCUT2D eigenvalue weighted by Crippen LogP contribution is -2.33. The molecule has 0 aliphatic rings. The van der Waals surface area contributed by atoms with E-state index in [1.165, 1.54) is 0 Å². The standard InChI is InChI=1S/C20H24ClN3O2/c1-13(2)19(14-4-8-16(21)9-5-14)23-12-18(25)24-17-10-6-15(7-11-17)20(26)22-3/h4-11,13,19,23H,12H2,1-3H3,(H,22,26)(H,24,25)/t19-/m0/s1. The smallest absolute Gasteiger partial charge is 0.251 e. The van der Waals surface area contributed by atoms with Crippen molar-refractivity contribution < 1.29 is 9.59 Å². The van der Waals surface area contributed by atoms with Gasteiger partial charge in [0.15, 0.2) is 0 Å². The molecule has 0 aromatic heterocycles. The topological polar surface area (TPSA) is 70.2 Å². The maximum atomic E-state index is 12.2. The van der Waals surface area contributed by atoms with Gasteiger partial charge in [-0.2, -0.15) is 0 Å². The molecule has 2 aromatic rings. The van der Waals surface area contributed by atoms with Crippen molar-refractivity contribution in [2.24, 2.45) is 5.92 Å². The summed E-state index contributed by atoms with van der Waals surface area (Å²) in [5.74, 6) is 0.0143. The molecule has 6 heteroatoms. The van der Waals surface area contributed by atoms with E-state index in [0.717, 1.165) is 5.56 Å². The zero-order valence-electron chi connectivity index (χ0n) is 15.2. The third-order valence-corrected chi connectivity index (χ3v) is 4.29. The van der Waals surface area contributed by atoms with Crippen LogP contribution in [0.3, 0.4) is 0 Å². The second-order valence-corrected chi connectivity index (χ2v) is 6.80. The summed E-state index contributed by atoms with van der Waals surface area (Å²) in [5.41, 5.74) is 2.29. The Bertz CT molecular complexity index is 743. The molecule has 0 heterocycles. The molecule has 0 aliphatic heterocycles. The fourth-order valence-electron chi connectivity index (χ4n) is 2.67. The highest BCUT2D eigenvalue weighted by molar-refractivity contribution is 6.30. The Kier molecular flexibility index (Phi) is 7.18. The van der Waals surface area contributed by atoms with Gasteiger partial charge in [-0.05, 0) is 47.9 Å². The number of carbonyl (C=O) groups is 2. The van der Waals surface area contributed by atoms with Crippen molar-refractivity contribution in [1.82, 2.24) is 10.6 Å². The van der Waals surface area contributed by atoms with Crippen molar-refractivity contribution in [1.29, 1.82) is 0 Å². The van der Waals surface area contributed by atoms with Crippen LogP contribution < -0.4 is 16.0 Å². The van der Waals surface area contributed by atoms with E-state index in [1.54, 1.807) is 31.3 Å². The number of anilines is 1. The molecule has 1 atom stereocenters. The van der Waals surface area contributed by atoms with Crippen LogP contribution in [0.1, 0.15) is 35.8 Å². The number of nitrogens with one attached hydrogen (secondary N) is 3. The molecule has 0 aliphatic carbocycles. The van der Waals surface area contributed by atoms with E-state index in [0.29, 0.717) is 22.2 Å². The summed E-state index contributed by atoms with van der Waals surface area (Å²) in [4.78, 5) is 23.8. The van der Waals surface area contributed by atoms with Gasteiger partial charge in [-0.1, -0.05) is 37.6 Å². The molecule has 2 rings (SSSR count). The first-order chi connectivity index (χ1) is 12.4. The van der Waals surface area contributed by atoms with Crippen molar-refractivity contribution >= 4 is 29.1 Å². The van der Waals surface area contributed by atoms with Gasteiger partial charge in [-0.25, -0.2) is 0 Å². The number of carbonyl (C=O) groups excluding carboxylic acids is 2. The number of halogens is 1. The fourth-order valence-corrected chi connectivity index (χ4v) is 2.79. The molecule has 0 radical (unpaired) electrons.